The molecule has 5 nitrogen and oxygen atoms in total. The van der Waals surface area contributed by atoms with Crippen LogP contribution < -0.4 is 5.32 Å². The fourth-order valence-corrected chi connectivity index (χ4v) is 2.30. The van der Waals surface area contributed by atoms with Crippen molar-refractivity contribution < 1.29 is 9.90 Å². The summed E-state index contributed by atoms with van der Waals surface area (Å²) in [5.74, 6) is 0. The monoisotopic (exact) mass is 333 g/mol. The topological polar surface area (TPSA) is 65.5 Å². The third-order valence-corrected chi connectivity index (χ3v) is 3.83. The number of pyridine rings is 1. The van der Waals surface area contributed by atoms with Crippen LogP contribution in [0.25, 0.3) is 0 Å². The average molecular weight is 334 g/mol. The van der Waals surface area contributed by atoms with E-state index in [-0.39, 0.29) is 17.7 Å². The molecule has 6 heteroatoms. The van der Waals surface area contributed by atoms with Gasteiger partial charge in [-0.2, -0.15) is 0 Å². The minimum absolute atomic E-state index is 0.198. The average Bonchev–Trinajstić information content (AvgIpc) is 2.55. The Bertz CT molecular complexity index is 661. The SMILES string of the molecule is CCN(C[C@H](O)c1ccc(C)cc1)C(=O)Nc1cccnc1Cl. The molecular formula is C17H20ClN3O2. The smallest absolute Gasteiger partial charge is 0.322 e. The minimum atomic E-state index is -0.745. The predicted octanol–water partition coefficient (Wildman–Crippen LogP) is 3.63. The highest BCUT2D eigenvalue weighted by Gasteiger charge is 2.18. The van der Waals surface area contributed by atoms with Crippen LogP contribution in [-0.2, 0) is 0 Å². The summed E-state index contributed by atoms with van der Waals surface area (Å²) in [5, 5.41) is 13.3. The number of carbonyl (C=O) groups excluding carboxylic acids is 1. The van der Waals surface area contributed by atoms with Gasteiger partial charge in [-0.3, -0.25) is 0 Å². The Morgan fingerprint density at radius 2 is 2.04 bits per heavy atom. The number of anilines is 1. The molecule has 1 aromatic carbocycles. The summed E-state index contributed by atoms with van der Waals surface area (Å²) >= 11 is 5.94. The van der Waals surface area contributed by atoms with Gasteiger partial charge in [-0.05, 0) is 31.5 Å². The van der Waals surface area contributed by atoms with Crippen LogP contribution in [0.15, 0.2) is 42.6 Å². The van der Waals surface area contributed by atoms with E-state index in [9.17, 15) is 9.90 Å². The summed E-state index contributed by atoms with van der Waals surface area (Å²) in [6, 6.07) is 10.6. The zero-order valence-electron chi connectivity index (χ0n) is 13.2. The van der Waals surface area contributed by atoms with Gasteiger partial charge in [-0.1, -0.05) is 41.4 Å². The first-order chi connectivity index (χ1) is 11.0. The maximum absolute atomic E-state index is 12.3. The van der Waals surface area contributed by atoms with Crippen molar-refractivity contribution in [1.82, 2.24) is 9.88 Å². The Balaban J connectivity index is 2.02. The van der Waals surface area contributed by atoms with E-state index in [2.05, 4.69) is 10.3 Å². The fourth-order valence-electron chi connectivity index (χ4n) is 2.13. The molecule has 0 fully saturated rings. The van der Waals surface area contributed by atoms with Crippen LogP contribution in [0.2, 0.25) is 5.15 Å². The molecule has 122 valence electrons. The number of halogens is 1. The Hall–Kier alpha value is -2.11. The number of likely N-dealkylation sites (N-methyl/N-ethyl adjacent to an activating group) is 1. The summed E-state index contributed by atoms with van der Waals surface area (Å²) in [6.45, 7) is 4.50. The number of amides is 2. The van der Waals surface area contributed by atoms with Crippen molar-refractivity contribution >= 4 is 23.3 Å². The van der Waals surface area contributed by atoms with Crippen LogP contribution in [0.4, 0.5) is 10.5 Å². The third kappa shape index (κ3) is 4.68. The second-order valence-corrected chi connectivity index (χ2v) is 5.60. The summed E-state index contributed by atoms with van der Waals surface area (Å²) in [7, 11) is 0. The molecule has 0 aliphatic carbocycles. The van der Waals surface area contributed by atoms with Crippen molar-refractivity contribution in [2.24, 2.45) is 0 Å². The standard InChI is InChI=1S/C17H20ClN3O2/c1-3-21(11-15(22)13-8-6-12(2)7-9-13)17(23)20-14-5-4-10-19-16(14)18/h4-10,15,22H,3,11H2,1-2H3,(H,20,23)/t15-/m0/s1. The number of hydrogen-bond donors (Lipinski definition) is 2. The molecule has 1 atom stereocenters. The molecule has 2 aromatic rings. The van der Waals surface area contributed by atoms with Crippen molar-refractivity contribution in [2.75, 3.05) is 18.4 Å². The molecule has 0 radical (unpaired) electrons. The van der Waals surface area contributed by atoms with Crippen LogP contribution in [0.3, 0.4) is 0 Å². The third-order valence-electron chi connectivity index (χ3n) is 3.53. The molecule has 0 aliphatic heterocycles. The summed E-state index contributed by atoms with van der Waals surface area (Å²) in [5.41, 5.74) is 2.35. The molecule has 23 heavy (non-hydrogen) atoms. The van der Waals surface area contributed by atoms with Crippen molar-refractivity contribution in [2.45, 2.75) is 20.0 Å². The summed E-state index contributed by atoms with van der Waals surface area (Å²) in [4.78, 5) is 17.8. The number of hydrogen-bond acceptors (Lipinski definition) is 3. The number of carbonyl (C=O) groups is 1. The summed E-state index contributed by atoms with van der Waals surface area (Å²) < 4.78 is 0. The Morgan fingerprint density at radius 1 is 1.35 bits per heavy atom. The van der Waals surface area contributed by atoms with Gasteiger partial charge in [0.05, 0.1) is 18.3 Å². The molecule has 2 N–H and O–H groups in total. The number of aromatic nitrogens is 1. The number of urea groups is 1. The van der Waals surface area contributed by atoms with E-state index >= 15 is 0 Å². The van der Waals surface area contributed by atoms with E-state index in [1.54, 1.807) is 18.3 Å². The minimum Gasteiger partial charge on any atom is -0.387 e. The summed E-state index contributed by atoms with van der Waals surface area (Å²) in [6.07, 6.45) is 0.808. The quantitative estimate of drug-likeness (QED) is 0.821. The van der Waals surface area contributed by atoms with Gasteiger partial charge in [-0.25, -0.2) is 9.78 Å². The second-order valence-electron chi connectivity index (χ2n) is 5.24. The van der Waals surface area contributed by atoms with E-state index < -0.39 is 6.10 Å². The molecule has 2 amide bonds. The molecule has 0 bridgehead atoms. The lowest BCUT2D eigenvalue weighted by molar-refractivity contribution is 0.128. The molecule has 1 aromatic heterocycles. The van der Waals surface area contributed by atoms with Gasteiger partial charge in [0.1, 0.15) is 0 Å². The van der Waals surface area contributed by atoms with Gasteiger partial charge < -0.3 is 15.3 Å². The Kier molecular flexibility index (Phi) is 5.96. The van der Waals surface area contributed by atoms with Crippen LogP contribution in [0, 0.1) is 6.92 Å². The lowest BCUT2D eigenvalue weighted by atomic mass is 10.1. The lowest BCUT2D eigenvalue weighted by Crippen LogP contribution is -2.37. The van der Waals surface area contributed by atoms with Gasteiger partial charge in [-0.15, -0.1) is 0 Å². The number of benzene rings is 1. The van der Waals surface area contributed by atoms with Crippen molar-refractivity contribution in [3.63, 3.8) is 0 Å². The van der Waals surface area contributed by atoms with E-state index in [1.807, 2.05) is 38.1 Å². The van der Waals surface area contributed by atoms with Gasteiger partial charge in [0, 0.05) is 12.7 Å². The Morgan fingerprint density at radius 3 is 2.65 bits per heavy atom. The maximum Gasteiger partial charge on any atom is 0.322 e. The zero-order valence-corrected chi connectivity index (χ0v) is 13.9. The number of nitrogens with zero attached hydrogens (tertiary/aromatic N) is 2. The van der Waals surface area contributed by atoms with E-state index in [1.165, 1.54) is 4.90 Å². The molecule has 0 aliphatic rings. The molecule has 2 rings (SSSR count). The van der Waals surface area contributed by atoms with E-state index in [4.69, 9.17) is 11.6 Å². The highest BCUT2D eigenvalue weighted by Crippen LogP contribution is 2.19. The largest absolute Gasteiger partial charge is 0.387 e. The first kappa shape index (κ1) is 17.2. The zero-order chi connectivity index (χ0) is 16.8. The number of nitrogens with one attached hydrogen (secondary N) is 1. The van der Waals surface area contributed by atoms with Crippen LogP contribution >= 0.6 is 11.6 Å². The first-order valence-corrected chi connectivity index (χ1v) is 7.80. The van der Waals surface area contributed by atoms with Crippen LogP contribution in [0.1, 0.15) is 24.2 Å². The molecule has 1 heterocycles. The highest BCUT2D eigenvalue weighted by atomic mass is 35.5. The van der Waals surface area contributed by atoms with Crippen molar-refractivity contribution in [1.29, 1.82) is 0 Å². The first-order valence-electron chi connectivity index (χ1n) is 7.42. The normalized spacial score (nSPS) is 11.8. The van der Waals surface area contributed by atoms with Crippen LogP contribution in [0.5, 0.6) is 0 Å². The van der Waals surface area contributed by atoms with E-state index in [0.717, 1.165) is 11.1 Å². The number of aliphatic hydroxyl groups is 1. The molecule has 0 saturated heterocycles. The molecule has 0 unspecified atom stereocenters. The van der Waals surface area contributed by atoms with Crippen molar-refractivity contribution in [3.05, 3.63) is 58.9 Å². The van der Waals surface area contributed by atoms with Gasteiger partial charge in [0.2, 0.25) is 0 Å². The molecule has 0 spiro atoms. The van der Waals surface area contributed by atoms with Crippen molar-refractivity contribution in [3.8, 4) is 0 Å². The fraction of sp³-hybridized carbons (Fsp3) is 0.294. The van der Waals surface area contributed by atoms with Gasteiger partial charge >= 0.3 is 6.03 Å². The van der Waals surface area contributed by atoms with Gasteiger partial charge in [0.15, 0.2) is 5.15 Å². The molecular weight excluding hydrogens is 314 g/mol. The van der Waals surface area contributed by atoms with Crippen LogP contribution in [-0.4, -0.2) is 34.1 Å². The lowest BCUT2D eigenvalue weighted by Gasteiger charge is -2.24. The highest BCUT2D eigenvalue weighted by molar-refractivity contribution is 6.32. The number of aryl methyl sites for hydroxylation is 1. The molecule has 0 saturated carbocycles. The van der Waals surface area contributed by atoms with E-state index in [0.29, 0.717) is 12.2 Å². The second kappa shape index (κ2) is 7.94. The number of rotatable bonds is 5. The predicted molar refractivity (Wildman–Crippen MR) is 91.7 cm³/mol. The van der Waals surface area contributed by atoms with Gasteiger partial charge in [0.25, 0.3) is 0 Å². The maximum atomic E-state index is 12.3. The number of aliphatic hydroxyl groups excluding tert-OH is 1. The Labute approximate surface area is 140 Å².